The molecule has 0 bridgehead atoms. The lowest BCUT2D eigenvalue weighted by Crippen LogP contribution is -2.46. The second-order valence-electron chi connectivity index (χ2n) is 6.70. The van der Waals surface area contributed by atoms with Crippen LogP contribution in [0.3, 0.4) is 0 Å². The molecule has 138 valence electrons. The molecule has 3 N–H and O–H groups in total. The number of hydrogen-bond donors (Lipinski definition) is 3. The maximum atomic E-state index is 13.7. The third kappa shape index (κ3) is 6.03. The van der Waals surface area contributed by atoms with Crippen LogP contribution in [-0.2, 0) is 4.79 Å². The first-order chi connectivity index (χ1) is 12.0. The first kappa shape index (κ1) is 19.2. The number of guanidine groups is 1. The Morgan fingerprint density at radius 3 is 2.68 bits per heavy atom. The van der Waals surface area contributed by atoms with Gasteiger partial charge < -0.3 is 16.0 Å². The van der Waals surface area contributed by atoms with E-state index in [0.29, 0.717) is 17.6 Å². The van der Waals surface area contributed by atoms with E-state index >= 15 is 0 Å². The molecule has 1 saturated carbocycles. The van der Waals surface area contributed by atoms with Gasteiger partial charge in [-0.3, -0.25) is 9.79 Å². The van der Waals surface area contributed by atoms with E-state index < -0.39 is 0 Å². The highest BCUT2D eigenvalue weighted by Crippen LogP contribution is 2.17. The molecule has 25 heavy (non-hydrogen) atoms. The lowest BCUT2D eigenvalue weighted by molar-refractivity contribution is -0.120. The number of nitrogens with one attached hydrogen (secondary N) is 3. The molecule has 0 aliphatic heterocycles. The third-order valence-electron chi connectivity index (χ3n) is 4.66. The van der Waals surface area contributed by atoms with Gasteiger partial charge in [-0.2, -0.15) is 0 Å². The van der Waals surface area contributed by atoms with Crippen LogP contribution >= 0.6 is 0 Å². The third-order valence-corrected chi connectivity index (χ3v) is 4.66. The summed E-state index contributed by atoms with van der Waals surface area (Å²) in [5, 5.41) is 9.26. The molecule has 0 saturated heterocycles. The molecule has 1 fully saturated rings. The van der Waals surface area contributed by atoms with Gasteiger partial charge in [-0.15, -0.1) is 0 Å². The van der Waals surface area contributed by atoms with Crippen molar-refractivity contribution in [1.82, 2.24) is 16.0 Å². The zero-order chi connectivity index (χ0) is 18.2. The highest BCUT2D eigenvalue weighted by Gasteiger charge is 2.16. The number of rotatable bonds is 5. The summed E-state index contributed by atoms with van der Waals surface area (Å²) in [6, 6.07) is 5.35. The molecule has 0 radical (unpaired) electrons. The molecule has 1 aromatic rings. The van der Waals surface area contributed by atoms with Crippen LogP contribution in [0.1, 0.15) is 56.2 Å². The number of hydrogen-bond acceptors (Lipinski definition) is 2. The molecule has 2 rings (SSSR count). The van der Waals surface area contributed by atoms with E-state index in [0.717, 1.165) is 18.4 Å². The van der Waals surface area contributed by atoms with Gasteiger partial charge in [-0.1, -0.05) is 31.4 Å². The number of halogens is 1. The Hall–Kier alpha value is -2.11. The topological polar surface area (TPSA) is 65.5 Å². The van der Waals surface area contributed by atoms with Crippen LogP contribution in [0.15, 0.2) is 23.2 Å². The molecule has 0 heterocycles. The van der Waals surface area contributed by atoms with Crippen LogP contribution in [0, 0.1) is 12.7 Å². The van der Waals surface area contributed by atoms with Crippen molar-refractivity contribution in [3.05, 3.63) is 35.1 Å². The Labute approximate surface area is 149 Å². The molecule has 1 aliphatic rings. The molecule has 1 aromatic carbocycles. The summed E-state index contributed by atoms with van der Waals surface area (Å²) in [5.74, 6) is 0.275. The van der Waals surface area contributed by atoms with Crippen LogP contribution in [0.4, 0.5) is 4.39 Å². The standard InChI is InChI=1S/C19H29FN4O/c1-13-9-10-15(11-17(13)20)14(2)23-19(21-3)22-12-18(25)24-16-7-5-4-6-8-16/h9-11,14,16H,4-8,12H2,1-3H3,(H,24,25)(H2,21,22,23). The summed E-state index contributed by atoms with van der Waals surface area (Å²) < 4.78 is 13.7. The molecule has 1 unspecified atom stereocenters. The Balaban J connectivity index is 1.81. The number of benzene rings is 1. The maximum absolute atomic E-state index is 13.7. The summed E-state index contributed by atoms with van der Waals surface area (Å²) in [7, 11) is 1.65. The fraction of sp³-hybridized carbons (Fsp3) is 0.579. The smallest absolute Gasteiger partial charge is 0.239 e. The van der Waals surface area contributed by atoms with Gasteiger partial charge in [-0.25, -0.2) is 4.39 Å². The first-order valence-corrected chi connectivity index (χ1v) is 9.02. The van der Waals surface area contributed by atoms with Crippen LogP contribution < -0.4 is 16.0 Å². The van der Waals surface area contributed by atoms with Crippen molar-refractivity contribution in [2.24, 2.45) is 4.99 Å². The molecule has 5 nitrogen and oxygen atoms in total. The fourth-order valence-electron chi connectivity index (χ4n) is 3.05. The van der Waals surface area contributed by atoms with Crippen molar-refractivity contribution in [2.45, 2.75) is 58.0 Å². The average Bonchev–Trinajstić information content (AvgIpc) is 2.61. The number of carbonyl (C=O) groups excluding carboxylic acids is 1. The predicted octanol–water partition coefficient (Wildman–Crippen LogP) is 2.81. The molecular formula is C19H29FN4O. The van der Waals surface area contributed by atoms with E-state index in [4.69, 9.17) is 0 Å². The van der Waals surface area contributed by atoms with Gasteiger partial charge in [-0.05, 0) is 43.9 Å². The van der Waals surface area contributed by atoms with E-state index in [2.05, 4.69) is 20.9 Å². The lowest BCUT2D eigenvalue weighted by Gasteiger charge is -2.23. The minimum atomic E-state index is -0.221. The zero-order valence-electron chi connectivity index (χ0n) is 15.4. The number of aliphatic imine (C=N–C) groups is 1. The van der Waals surface area contributed by atoms with Gasteiger partial charge in [0, 0.05) is 13.1 Å². The summed E-state index contributed by atoms with van der Waals surface area (Å²) >= 11 is 0. The van der Waals surface area contributed by atoms with Crippen molar-refractivity contribution >= 4 is 11.9 Å². The number of carbonyl (C=O) groups is 1. The lowest BCUT2D eigenvalue weighted by atomic mass is 9.95. The average molecular weight is 348 g/mol. The van der Waals surface area contributed by atoms with Gasteiger partial charge >= 0.3 is 0 Å². The Bertz CT molecular complexity index is 611. The minimum Gasteiger partial charge on any atom is -0.352 e. The van der Waals surface area contributed by atoms with Gasteiger partial charge in [0.1, 0.15) is 5.82 Å². The van der Waals surface area contributed by atoms with E-state index in [1.165, 1.54) is 25.3 Å². The normalized spacial score (nSPS) is 17.0. The van der Waals surface area contributed by atoms with E-state index in [1.54, 1.807) is 20.0 Å². The Morgan fingerprint density at radius 2 is 2.04 bits per heavy atom. The summed E-state index contributed by atoms with van der Waals surface area (Å²) in [4.78, 5) is 16.2. The van der Waals surface area contributed by atoms with Crippen molar-refractivity contribution in [3.8, 4) is 0 Å². The fourth-order valence-corrected chi connectivity index (χ4v) is 3.05. The van der Waals surface area contributed by atoms with E-state index in [-0.39, 0.29) is 24.3 Å². The van der Waals surface area contributed by atoms with Gasteiger partial charge in [0.25, 0.3) is 0 Å². The van der Waals surface area contributed by atoms with Crippen molar-refractivity contribution in [1.29, 1.82) is 0 Å². The highest BCUT2D eigenvalue weighted by molar-refractivity contribution is 5.86. The van der Waals surface area contributed by atoms with Gasteiger partial charge in [0.2, 0.25) is 5.91 Å². The molecule has 1 atom stereocenters. The largest absolute Gasteiger partial charge is 0.352 e. The monoisotopic (exact) mass is 348 g/mol. The van der Waals surface area contributed by atoms with Crippen LogP contribution in [-0.4, -0.2) is 31.5 Å². The van der Waals surface area contributed by atoms with E-state index in [9.17, 15) is 9.18 Å². The second-order valence-corrected chi connectivity index (χ2v) is 6.70. The quantitative estimate of drug-likeness (QED) is 0.566. The van der Waals surface area contributed by atoms with Gasteiger partial charge in [0.15, 0.2) is 5.96 Å². The second kappa shape index (κ2) is 9.39. The van der Waals surface area contributed by atoms with Crippen molar-refractivity contribution in [3.63, 3.8) is 0 Å². The minimum absolute atomic E-state index is 0.0242. The van der Waals surface area contributed by atoms with Crippen LogP contribution in [0.2, 0.25) is 0 Å². The predicted molar refractivity (Wildman–Crippen MR) is 99.1 cm³/mol. The summed E-state index contributed by atoms with van der Waals surface area (Å²) in [6.07, 6.45) is 5.76. The van der Waals surface area contributed by atoms with Crippen molar-refractivity contribution < 1.29 is 9.18 Å². The Kier molecular flexibility index (Phi) is 7.22. The summed E-state index contributed by atoms with van der Waals surface area (Å²) in [6.45, 7) is 3.84. The highest BCUT2D eigenvalue weighted by atomic mass is 19.1. The zero-order valence-corrected chi connectivity index (χ0v) is 15.4. The molecule has 1 amide bonds. The molecule has 0 aromatic heterocycles. The number of nitrogens with zero attached hydrogens (tertiary/aromatic N) is 1. The molecular weight excluding hydrogens is 319 g/mol. The van der Waals surface area contributed by atoms with Crippen LogP contribution in [0.5, 0.6) is 0 Å². The molecule has 1 aliphatic carbocycles. The summed E-state index contributed by atoms with van der Waals surface area (Å²) in [5.41, 5.74) is 1.45. The van der Waals surface area contributed by atoms with Crippen LogP contribution in [0.25, 0.3) is 0 Å². The van der Waals surface area contributed by atoms with E-state index in [1.807, 2.05) is 13.0 Å². The van der Waals surface area contributed by atoms with Gasteiger partial charge in [0.05, 0.1) is 12.6 Å². The maximum Gasteiger partial charge on any atom is 0.239 e. The molecule has 6 heteroatoms. The molecule has 0 spiro atoms. The number of aryl methyl sites for hydroxylation is 1. The SMILES string of the molecule is CN=C(NCC(=O)NC1CCCCC1)NC(C)c1ccc(C)c(F)c1. The Morgan fingerprint density at radius 1 is 1.32 bits per heavy atom. The first-order valence-electron chi connectivity index (χ1n) is 9.02. The van der Waals surface area contributed by atoms with Crippen molar-refractivity contribution in [2.75, 3.05) is 13.6 Å². The number of amides is 1.